The van der Waals surface area contributed by atoms with Crippen LogP contribution in [0.2, 0.25) is 0 Å². The Morgan fingerprint density at radius 1 is 0.613 bits per heavy atom. The molecule has 0 saturated heterocycles. The van der Waals surface area contributed by atoms with Crippen LogP contribution in [-0.2, 0) is 4.79 Å². The lowest BCUT2D eigenvalue weighted by molar-refractivity contribution is -0.121. The SMILES string of the molecule is CCCCCCCCCCCCCCCCCCCCCC(=O)C(CC)NCCCO. The number of Topliss-reactive ketones (excluding diaryl/α,β-unsaturated/α-hetero) is 1. The zero-order chi connectivity index (χ0) is 22.8. The van der Waals surface area contributed by atoms with E-state index >= 15 is 0 Å². The van der Waals surface area contributed by atoms with Crippen molar-refractivity contribution in [3.63, 3.8) is 0 Å². The Bertz CT molecular complexity index is 359. The van der Waals surface area contributed by atoms with E-state index in [2.05, 4.69) is 19.2 Å². The zero-order valence-corrected chi connectivity index (χ0v) is 21.4. The van der Waals surface area contributed by atoms with E-state index < -0.39 is 0 Å². The second-order valence-electron chi connectivity index (χ2n) is 9.57. The number of rotatable bonds is 26. The maximum atomic E-state index is 12.2. The highest BCUT2D eigenvalue weighted by Crippen LogP contribution is 2.15. The summed E-state index contributed by atoms with van der Waals surface area (Å²) in [5.74, 6) is 0.354. The number of nitrogens with one attached hydrogen (secondary N) is 1. The summed E-state index contributed by atoms with van der Waals surface area (Å²) in [6, 6.07) is -0.0119. The third-order valence-corrected chi connectivity index (χ3v) is 6.55. The number of aliphatic hydroxyl groups excluding tert-OH is 1. The third kappa shape index (κ3) is 22.6. The highest BCUT2D eigenvalue weighted by Gasteiger charge is 2.14. The Balaban J connectivity index is 3.25. The Labute approximate surface area is 195 Å². The molecule has 0 aromatic heterocycles. The Morgan fingerprint density at radius 3 is 1.35 bits per heavy atom. The van der Waals surface area contributed by atoms with Gasteiger partial charge in [0.1, 0.15) is 5.78 Å². The topological polar surface area (TPSA) is 49.3 Å². The van der Waals surface area contributed by atoms with E-state index in [1.807, 2.05) is 0 Å². The van der Waals surface area contributed by atoms with E-state index in [4.69, 9.17) is 5.11 Å². The molecular formula is C28H57NO2. The van der Waals surface area contributed by atoms with Gasteiger partial charge in [0, 0.05) is 13.0 Å². The van der Waals surface area contributed by atoms with Crippen LogP contribution in [-0.4, -0.2) is 30.1 Å². The van der Waals surface area contributed by atoms with Gasteiger partial charge in [-0.05, 0) is 25.8 Å². The van der Waals surface area contributed by atoms with Crippen LogP contribution in [0.3, 0.4) is 0 Å². The molecule has 0 aromatic rings. The molecule has 0 fully saturated rings. The number of aliphatic hydroxyl groups is 1. The van der Waals surface area contributed by atoms with Crippen LogP contribution >= 0.6 is 0 Å². The van der Waals surface area contributed by atoms with Crippen molar-refractivity contribution >= 4 is 5.78 Å². The average molecular weight is 440 g/mol. The van der Waals surface area contributed by atoms with Crippen LogP contribution in [0.5, 0.6) is 0 Å². The first-order valence-electron chi connectivity index (χ1n) is 14.1. The predicted molar refractivity (Wildman–Crippen MR) is 137 cm³/mol. The number of carbonyl (C=O) groups is 1. The van der Waals surface area contributed by atoms with E-state index in [0.29, 0.717) is 12.2 Å². The first-order valence-corrected chi connectivity index (χ1v) is 14.1. The second kappa shape index (κ2) is 25.8. The van der Waals surface area contributed by atoms with Gasteiger partial charge in [-0.3, -0.25) is 4.79 Å². The monoisotopic (exact) mass is 439 g/mol. The molecule has 31 heavy (non-hydrogen) atoms. The van der Waals surface area contributed by atoms with Crippen molar-refractivity contribution in [2.45, 2.75) is 161 Å². The summed E-state index contributed by atoms with van der Waals surface area (Å²) in [5.41, 5.74) is 0. The van der Waals surface area contributed by atoms with Gasteiger partial charge in [-0.2, -0.15) is 0 Å². The van der Waals surface area contributed by atoms with Crippen molar-refractivity contribution in [1.29, 1.82) is 0 Å². The van der Waals surface area contributed by atoms with Gasteiger partial charge in [-0.1, -0.05) is 129 Å². The molecule has 0 bridgehead atoms. The van der Waals surface area contributed by atoms with Crippen LogP contribution in [0, 0.1) is 0 Å². The Kier molecular flexibility index (Phi) is 25.5. The van der Waals surface area contributed by atoms with Crippen LogP contribution in [0.1, 0.15) is 155 Å². The fourth-order valence-corrected chi connectivity index (χ4v) is 4.39. The van der Waals surface area contributed by atoms with Crippen LogP contribution in [0.25, 0.3) is 0 Å². The second-order valence-corrected chi connectivity index (χ2v) is 9.57. The standard InChI is InChI=1S/C28H57NO2/c1-3-5-6-7-8-9-10-11-12-13-14-15-16-17-18-19-20-21-22-24-28(31)27(4-2)29-25-23-26-30/h27,29-30H,3-26H2,1-2H3. The fraction of sp³-hybridized carbons (Fsp3) is 0.964. The Hall–Kier alpha value is -0.410. The molecule has 186 valence electrons. The van der Waals surface area contributed by atoms with Crippen LogP contribution in [0.15, 0.2) is 0 Å². The average Bonchev–Trinajstić information content (AvgIpc) is 2.78. The largest absolute Gasteiger partial charge is 0.396 e. The summed E-state index contributed by atoms with van der Waals surface area (Å²) >= 11 is 0. The first kappa shape index (κ1) is 30.6. The van der Waals surface area contributed by atoms with Crippen molar-refractivity contribution < 1.29 is 9.90 Å². The smallest absolute Gasteiger partial charge is 0.149 e. The summed E-state index contributed by atoms with van der Waals surface area (Å²) < 4.78 is 0. The quantitative estimate of drug-likeness (QED) is 0.134. The Morgan fingerprint density at radius 2 is 1.00 bits per heavy atom. The van der Waals surface area contributed by atoms with Crippen molar-refractivity contribution in [3.05, 3.63) is 0 Å². The van der Waals surface area contributed by atoms with Crippen LogP contribution < -0.4 is 5.32 Å². The van der Waals surface area contributed by atoms with E-state index in [9.17, 15) is 4.79 Å². The van der Waals surface area contributed by atoms with Crippen molar-refractivity contribution in [2.24, 2.45) is 0 Å². The van der Waals surface area contributed by atoms with Crippen LogP contribution in [0.4, 0.5) is 0 Å². The van der Waals surface area contributed by atoms with Crippen molar-refractivity contribution in [3.8, 4) is 0 Å². The lowest BCUT2D eigenvalue weighted by atomic mass is 10.0. The first-order chi connectivity index (χ1) is 15.3. The molecule has 0 radical (unpaired) electrons. The highest BCUT2D eigenvalue weighted by atomic mass is 16.3. The van der Waals surface area contributed by atoms with Crippen molar-refractivity contribution in [2.75, 3.05) is 13.2 Å². The summed E-state index contributed by atoms with van der Waals surface area (Å²) in [6.07, 6.45) is 28.5. The lowest BCUT2D eigenvalue weighted by Crippen LogP contribution is -2.37. The van der Waals surface area contributed by atoms with E-state index in [-0.39, 0.29) is 12.6 Å². The molecule has 0 aliphatic heterocycles. The molecule has 0 amide bonds. The minimum atomic E-state index is -0.0119. The van der Waals surface area contributed by atoms with Gasteiger partial charge >= 0.3 is 0 Å². The number of hydrogen-bond donors (Lipinski definition) is 2. The molecule has 0 aromatic carbocycles. The summed E-state index contributed by atoms with van der Waals surface area (Å²) in [6.45, 7) is 5.28. The van der Waals surface area contributed by atoms with Gasteiger partial charge in [-0.15, -0.1) is 0 Å². The van der Waals surface area contributed by atoms with Gasteiger partial charge in [-0.25, -0.2) is 0 Å². The van der Waals surface area contributed by atoms with Crippen molar-refractivity contribution in [1.82, 2.24) is 5.32 Å². The molecule has 1 unspecified atom stereocenters. The summed E-state index contributed by atoms with van der Waals surface area (Å²) in [7, 11) is 0. The number of ketones is 1. The molecule has 0 rings (SSSR count). The van der Waals surface area contributed by atoms with Gasteiger partial charge < -0.3 is 10.4 Å². The number of unbranched alkanes of at least 4 members (excludes halogenated alkanes) is 18. The molecule has 0 heterocycles. The summed E-state index contributed by atoms with van der Waals surface area (Å²) in [5, 5.41) is 12.1. The third-order valence-electron chi connectivity index (χ3n) is 6.55. The maximum Gasteiger partial charge on any atom is 0.149 e. The highest BCUT2D eigenvalue weighted by molar-refractivity contribution is 5.83. The van der Waals surface area contributed by atoms with E-state index in [1.54, 1.807) is 0 Å². The molecule has 0 spiro atoms. The molecule has 2 N–H and O–H groups in total. The van der Waals surface area contributed by atoms with E-state index in [1.165, 1.54) is 116 Å². The summed E-state index contributed by atoms with van der Waals surface area (Å²) in [4.78, 5) is 12.2. The number of carbonyl (C=O) groups excluding carboxylic acids is 1. The van der Waals surface area contributed by atoms with Gasteiger partial charge in [0.2, 0.25) is 0 Å². The lowest BCUT2D eigenvalue weighted by Gasteiger charge is -2.15. The maximum absolute atomic E-state index is 12.2. The molecule has 0 saturated carbocycles. The molecular weight excluding hydrogens is 382 g/mol. The minimum Gasteiger partial charge on any atom is -0.396 e. The minimum absolute atomic E-state index is 0.0119. The molecule has 0 aliphatic carbocycles. The molecule has 0 aliphatic rings. The van der Waals surface area contributed by atoms with Gasteiger partial charge in [0.05, 0.1) is 6.04 Å². The van der Waals surface area contributed by atoms with E-state index in [0.717, 1.165) is 25.8 Å². The molecule has 1 atom stereocenters. The van der Waals surface area contributed by atoms with Gasteiger partial charge in [0.15, 0.2) is 0 Å². The normalized spacial score (nSPS) is 12.4. The molecule has 3 heteroatoms. The fourth-order valence-electron chi connectivity index (χ4n) is 4.39. The zero-order valence-electron chi connectivity index (χ0n) is 21.4. The predicted octanol–water partition coefficient (Wildman–Crippen LogP) is 8.13. The van der Waals surface area contributed by atoms with Gasteiger partial charge in [0.25, 0.3) is 0 Å². The number of hydrogen-bond acceptors (Lipinski definition) is 3. The molecule has 3 nitrogen and oxygen atoms in total.